The number of amides is 6. The van der Waals surface area contributed by atoms with Crippen molar-refractivity contribution in [3.05, 3.63) is 108 Å². The number of hydrogen-bond acceptors (Lipinski definition) is 8. The van der Waals surface area contributed by atoms with E-state index in [2.05, 4.69) is 39.7 Å². The summed E-state index contributed by atoms with van der Waals surface area (Å²) in [5.74, 6) is -1.42. The van der Waals surface area contributed by atoms with E-state index in [1.807, 2.05) is 48.5 Å². The van der Waals surface area contributed by atoms with Crippen LogP contribution < -0.4 is 21.3 Å². The zero-order chi connectivity index (χ0) is 46.7. The maximum atomic E-state index is 14.2. The van der Waals surface area contributed by atoms with Crippen LogP contribution in [0.15, 0.2) is 97.1 Å². The zero-order valence-electron chi connectivity index (χ0n) is 38.2. The molecule has 4 aromatic carbocycles. The lowest BCUT2D eigenvalue weighted by molar-refractivity contribution is -0.138. The number of rotatable bonds is 17. The number of carbonyl (C=O) groups is 6. The monoisotopic (exact) mass is 899 g/mol. The standard InChI is InChI=1S/C51H61N7O8/c1-5-7-21-37(22-8-6-2)58-42-31-35(52-46(59)40-23-15-29-56(40)48(61)44(54-50(63)65-3)33-17-11-9-12-18-33)25-27-38(42)39-28-26-36(32-43(39)58)53-47(60)41-24-16-30-57(41)49(62)45(55-51(64)66-4)34-19-13-10-14-20-34/h9-14,17-20,25-28,31-32,37,40-41,44-45H,5-8,15-16,21-24,29-30H2,1-4H3,(H,52,59)(H,53,60)(H,54,63)(H,55,64)/t40-,41-,44+,45+/m0/s1. The largest absolute Gasteiger partial charge is 0.453 e. The Bertz CT molecular complexity index is 2360. The highest BCUT2D eigenvalue weighted by Crippen LogP contribution is 2.39. The molecule has 0 radical (unpaired) electrons. The summed E-state index contributed by atoms with van der Waals surface area (Å²) in [6.07, 6.45) is 6.65. The van der Waals surface area contributed by atoms with Gasteiger partial charge < -0.3 is 45.1 Å². The quantitative estimate of drug-likeness (QED) is 0.0715. The highest BCUT2D eigenvalue weighted by atomic mass is 16.5. The molecule has 4 N–H and O–H groups in total. The normalized spacial score (nSPS) is 16.8. The van der Waals surface area contributed by atoms with Gasteiger partial charge in [-0.1, -0.05) is 112 Å². The molecule has 5 aromatic rings. The number of anilines is 2. The third-order valence-corrected chi connectivity index (χ3v) is 12.8. The number of nitrogens with one attached hydrogen (secondary N) is 4. The molecule has 2 aliphatic rings. The van der Waals surface area contributed by atoms with Gasteiger partial charge in [0.25, 0.3) is 11.8 Å². The van der Waals surface area contributed by atoms with Gasteiger partial charge in [-0.3, -0.25) is 19.2 Å². The van der Waals surface area contributed by atoms with Crippen LogP contribution >= 0.6 is 0 Å². The smallest absolute Gasteiger partial charge is 0.407 e. The maximum absolute atomic E-state index is 14.2. The minimum Gasteiger partial charge on any atom is -0.453 e. The molecule has 2 saturated heterocycles. The number of benzene rings is 4. The molecule has 1 aromatic heterocycles. The van der Waals surface area contributed by atoms with E-state index in [1.54, 1.807) is 58.3 Å². The van der Waals surface area contributed by atoms with Crippen molar-refractivity contribution in [2.75, 3.05) is 37.9 Å². The lowest BCUT2D eigenvalue weighted by atomic mass is 10.0. The van der Waals surface area contributed by atoms with Crippen molar-refractivity contribution in [3.63, 3.8) is 0 Å². The maximum Gasteiger partial charge on any atom is 0.407 e. The van der Waals surface area contributed by atoms with Gasteiger partial charge in [-0.05, 0) is 73.9 Å². The average Bonchev–Trinajstić information content (AvgIpc) is 4.11. The Morgan fingerprint density at radius 3 is 1.38 bits per heavy atom. The summed E-state index contributed by atoms with van der Waals surface area (Å²) in [4.78, 5) is 84.3. The second-order valence-electron chi connectivity index (χ2n) is 17.1. The third-order valence-electron chi connectivity index (χ3n) is 12.8. The van der Waals surface area contributed by atoms with Gasteiger partial charge in [0.1, 0.15) is 24.2 Å². The Hall–Kier alpha value is -6.90. The number of likely N-dealkylation sites (tertiary alicyclic amines) is 2. The van der Waals surface area contributed by atoms with Crippen LogP contribution in [0.1, 0.15) is 107 Å². The predicted octanol–water partition coefficient (Wildman–Crippen LogP) is 8.77. The molecule has 0 saturated carbocycles. The molecule has 7 rings (SSSR count). The van der Waals surface area contributed by atoms with Crippen LogP contribution in [0, 0.1) is 0 Å². The second kappa shape index (κ2) is 21.9. The minimum absolute atomic E-state index is 0.127. The van der Waals surface area contributed by atoms with Crippen LogP contribution in [-0.2, 0) is 28.7 Å². The molecule has 2 fully saturated rings. The average molecular weight is 900 g/mol. The number of methoxy groups -OCH3 is 2. The fraction of sp³-hybridized carbons (Fsp3) is 0.412. The number of aromatic nitrogens is 1. The molecule has 348 valence electrons. The summed E-state index contributed by atoms with van der Waals surface area (Å²) < 4.78 is 12.0. The highest BCUT2D eigenvalue weighted by Gasteiger charge is 2.40. The first kappa shape index (κ1) is 47.1. The van der Waals surface area contributed by atoms with Crippen LogP contribution in [0.4, 0.5) is 21.0 Å². The van der Waals surface area contributed by atoms with Crippen LogP contribution in [0.2, 0.25) is 0 Å². The molecule has 0 aliphatic carbocycles. The van der Waals surface area contributed by atoms with Crippen molar-refractivity contribution in [1.29, 1.82) is 0 Å². The lowest BCUT2D eigenvalue weighted by Crippen LogP contribution is -2.48. The second-order valence-corrected chi connectivity index (χ2v) is 17.1. The Balaban J connectivity index is 1.17. The SMILES string of the molecule is CCCCC(CCCC)n1c2cc(NC(=O)[C@@H]3CCCN3C(=O)[C@H](NC(=O)OC)c3ccccc3)ccc2c2ccc(NC(=O)[C@@H]3CCCN3C(=O)[C@H](NC(=O)OC)c3ccccc3)cc21. The Morgan fingerprint density at radius 1 is 0.591 bits per heavy atom. The van der Waals surface area contributed by atoms with Gasteiger partial charge >= 0.3 is 12.2 Å². The molecule has 2 aliphatic heterocycles. The molecule has 0 spiro atoms. The van der Waals surface area contributed by atoms with Crippen molar-refractivity contribution in [3.8, 4) is 0 Å². The van der Waals surface area contributed by atoms with E-state index in [9.17, 15) is 28.8 Å². The van der Waals surface area contributed by atoms with E-state index in [4.69, 9.17) is 9.47 Å². The van der Waals surface area contributed by atoms with Crippen LogP contribution in [0.3, 0.4) is 0 Å². The van der Waals surface area contributed by atoms with Crippen LogP contribution in [0.25, 0.3) is 21.8 Å². The summed E-state index contributed by atoms with van der Waals surface area (Å²) in [5, 5.41) is 13.6. The van der Waals surface area contributed by atoms with Gasteiger partial charge in [0.05, 0.1) is 25.3 Å². The van der Waals surface area contributed by atoms with Crippen molar-refractivity contribution < 1.29 is 38.2 Å². The Morgan fingerprint density at radius 2 is 1.00 bits per heavy atom. The molecule has 66 heavy (non-hydrogen) atoms. The number of alkyl carbamates (subject to hydrolysis) is 2. The first-order chi connectivity index (χ1) is 32.1. The van der Waals surface area contributed by atoms with E-state index in [0.717, 1.165) is 60.3 Å². The number of ether oxygens (including phenoxy) is 2. The molecule has 15 nitrogen and oxygen atoms in total. The molecule has 0 bridgehead atoms. The highest BCUT2D eigenvalue weighted by molar-refractivity contribution is 6.11. The molecule has 4 atom stereocenters. The van der Waals surface area contributed by atoms with E-state index in [1.165, 1.54) is 14.2 Å². The van der Waals surface area contributed by atoms with Crippen molar-refractivity contribution >= 4 is 69.0 Å². The van der Waals surface area contributed by atoms with Gasteiger partial charge in [-0.15, -0.1) is 0 Å². The van der Waals surface area contributed by atoms with Crippen molar-refractivity contribution in [1.82, 2.24) is 25.0 Å². The molecular weight excluding hydrogens is 839 g/mol. The number of nitrogens with zero attached hydrogens (tertiary/aromatic N) is 3. The third kappa shape index (κ3) is 10.5. The van der Waals surface area contributed by atoms with Gasteiger partial charge in [-0.25, -0.2) is 9.59 Å². The number of unbranched alkanes of at least 4 members (excludes halogenated alkanes) is 2. The summed E-state index contributed by atoms with van der Waals surface area (Å²) in [5.41, 5.74) is 4.21. The summed E-state index contributed by atoms with van der Waals surface area (Å²) in [6.45, 7) is 5.09. The summed E-state index contributed by atoms with van der Waals surface area (Å²) in [6, 6.07) is 26.1. The lowest BCUT2D eigenvalue weighted by Gasteiger charge is -2.28. The molecule has 15 heteroatoms. The van der Waals surface area contributed by atoms with E-state index < -0.39 is 48.2 Å². The predicted molar refractivity (Wildman–Crippen MR) is 254 cm³/mol. The topological polar surface area (TPSA) is 180 Å². The number of hydrogen-bond donors (Lipinski definition) is 4. The fourth-order valence-electron chi connectivity index (χ4n) is 9.49. The van der Waals surface area contributed by atoms with E-state index >= 15 is 0 Å². The van der Waals surface area contributed by atoms with Crippen molar-refractivity contribution in [2.45, 2.75) is 108 Å². The van der Waals surface area contributed by atoms with Crippen LogP contribution in [-0.4, -0.2) is 89.6 Å². The molecule has 6 amide bonds. The van der Waals surface area contributed by atoms with Crippen molar-refractivity contribution in [2.24, 2.45) is 0 Å². The Labute approximate surface area is 385 Å². The van der Waals surface area contributed by atoms with Gasteiger partial charge in [0.2, 0.25) is 11.8 Å². The first-order valence-electron chi connectivity index (χ1n) is 23.2. The van der Waals surface area contributed by atoms with Gasteiger partial charge in [-0.2, -0.15) is 0 Å². The Kier molecular flexibility index (Phi) is 15.6. The first-order valence-corrected chi connectivity index (χ1v) is 23.2. The van der Waals surface area contributed by atoms with Crippen LogP contribution in [0.5, 0.6) is 0 Å². The summed E-state index contributed by atoms with van der Waals surface area (Å²) in [7, 11) is 2.48. The summed E-state index contributed by atoms with van der Waals surface area (Å²) >= 11 is 0. The number of fused-ring (bicyclic) bond motifs is 3. The number of carbonyl (C=O) groups excluding carboxylic acids is 6. The molecular formula is C51H61N7O8. The van der Waals surface area contributed by atoms with E-state index in [-0.39, 0.29) is 17.9 Å². The van der Waals surface area contributed by atoms with Gasteiger partial charge in [0.15, 0.2) is 0 Å². The minimum atomic E-state index is -1.03. The van der Waals surface area contributed by atoms with Gasteiger partial charge in [0, 0.05) is 41.3 Å². The zero-order valence-corrected chi connectivity index (χ0v) is 38.2. The fourth-order valence-corrected chi connectivity index (χ4v) is 9.49. The molecule has 0 unspecified atom stereocenters. The molecule has 3 heterocycles. The van der Waals surface area contributed by atoms with E-state index in [0.29, 0.717) is 61.3 Å².